The smallest absolute Gasteiger partial charge is 0.326 e. The summed E-state index contributed by atoms with van der Waals surface area (Å²) in [5.74, 6) is -7.26. The number of primary amides is 2. The molecule has 0 aromatic rings. The second-order valence-corrected chi connectivity index (χ2v) is 9.70. The van der Waals surface area contributed by atoms with Crippen molar-refractivity contribution in [1.82, 2.24) is 31.5 Å². The van der Waals surface area contributed by atoms with Crippen molar-refractivity contribution in [2.75, 3.05) is 26.2 Å². The number of carboxylic acids is 1. The van der Waals surface area contributed by atoms with Crippen LogP contribution >= 0.6 is 0 Å². The number of nitrogens with one attached hydrogen (secondary N) is 5. The summed E-state index contributed by atoms with van der Waals surface area (Å²) >= 11 is 0. The zero-order valence-corrected chi connectivity index (χ0v) is 23.7. The van der Waals surface area contributed by atoms with Gasteiger partial charge in [-0.05, 0) is 32.6 Å². The van der Waals surface area contributed by atoms with Gasteiger partial charge in [0, 0.05) is 19.4 Å². The van der Waals surface area contributed by atoms with Crippen molar-refractivity contribution >= 4 is 53.2 Å². The molecule has 0 spiro atoms. The maximum absolute atomic E-state index is 12.8. The summed E-state index contributed by atoms with van der Waals surface area (Å²) < 4.78 is 0. The number of likely N-dealkylation sites (tertiary alicyclic amines) is 1. The summed E-state index contributed by atoms with van der Waals surface area (Å²) in [7, 11) is 0. The fraction of sp³-hybridized carbons (Fsp3) is 0.625. The lowest BCUT2D eigenvalue weighted by Crippen LogP contribution is -2.55. The van der Waals surface area contributed by atoms with E-state index in [0.717, 1.165) is 0 Å². The molecule has 0 aromatic carbocycles. The minimum absolute atomic E-state index is 0.182. The van der Waals surface area contributed by atoms with E-state index in [-0.39, 0.29) is 32.2 Å². The summed E-state index contributed by atoms with van der Waals surface area (Å²) in [6.07, 6.45) is -0.0689. The van der Waals surface area contributed by atoms with Gasteiger partial charge in [0.25, 0.3) is 0 Å². The van der Waals surface area contributed by atoms with Gasteiger partial charge in [-0.3, -0.25) is 38.4 Å². The van der Waals surface area contributed by atoms with Crippen LogP contribution in [0.1, 0.15) is 45.4 Å². The lowest BCUT2D eigenvalue weighted by molar-refractivity contribution is -0.142. The first-order chi connectivity index (χ1) is 20.2. The first kappa shape index (κ1) is 36.2. The SMILES string of the molecule is C[C@H](NC(=O)CNC(=O)[C@H](CCC(N)=O)NC(=O)[C@@H]1CCCN1C(=O)CN)C(=O)NCC(=O)N[C@@H](CCC(N)=O)C(=O)O. The lowest BCUT2D eigenvalue weighted by atomic mass is 10.1. The van der Waals surface area contributed by atoms with Crippen molar-refractivity contribution < 1.29 is 48.3 Å². The van der Waals surface area contributed by atoms with Crippen molar-refractivity contribution in [3.63, 3.8) is 0 Å². The van der Waals surface area contributed by atoms with E-state index >= 15 is 0 Å². The van der Waals surface area contributed by atoms with Crippen LogP contribution in [0.15, 0.2) is 0 Å². The lowest BCUT2D eigenvalue weighted by Gasteiger charge is -2.26. The topological polar surface area (TPSA) is 315 Å². The van der Waals surface area contributed by atoms with Crippen LogP contribution in [0.5, 0.6) is 0 Å². The van der Waals surface area contributed by atoms with E-state index in [0.29, 0.717) is 19.4 Å². The Balaban J connectivity index is 2.61. The maximum Gasteiger partial charge on any atom is 0.326 e. The molecule has 1 rings (SSSR count). The Morgan fingerprint density at radius 3 is 1.88 bits per heavy atom. The Morgan fingerprint density at radius 1 is 0.814 bits per heavy atom. The van der Waals surface area contributed by atoms with E-state index in [1.807, 2.05) is 0 Å². The monoisotopic (exact) mass is 613 g/mol. The summed E-state index contributed by atoms with van der Waals surface area (Å²) in [5.41, 5.74) is 15.5. The van der Waals surface area contributed by atoms with Gasteiger partial charge in [-0.15, -0.1) is 0 Å². The van der Waals surface area contributed by atoms with Crippen LogP contribution in [0, 0.1) is 0 Å². The minimum atomic E-state index is -1.40. The van der Waals surface area contributed by atoms with Crippen LogP contribution in [0.25, 0.3) is 0 Å². The predicted molar refractivity (Wildman–Crippen MR) is 146 cm³/mol. The van der Waals surface area contributed by atoms with E-state index in [2.05, 4.69) is 26.6 Å². The van der Waals surface area contributed by atoms with Crippen molar-refractivity contribution in [2.24, 2.45) is 17.2 Å². The number of amides is 8. The first-order valence-corrected chi connectivity index (χ1v) is 13.4. The Kier molecular flexibility index (Phi) is 15.1. The summed E-state index contributed by atoms with van der Waals surface area (Å²) in [5, 5.41) is 20.5. The van der Waals surface area contributed by atoms with E-state index in [9.17, 15) is 43.2 Å². The molecule has 1 aliphatic heterocycles. The maximum atomic E-state index is 12.8. The molecule has 43 heavy (non-hydrogen) atoms. The second-order valence-electron chi connectivity index (χ2n) is 9.70. The fourth-order valence-electron chi connectivity index (χ4n) is 4.04. The van der Waals surface area contributed by atoms with Gasteiger partial charge in [0.05, 0.1) is 19.6 Å². The Morgan fingerprint density at radius 2 is 1.35 bits per heavy atom. The number of rotatable bonds is 18. The average molecular weight is 614 g/mol. The number of hydrogen-bond acceptors (Lipinski definition) is 10. The third kappa shape index (κ3) is 13.1. The molecule has 1 aliphatic rings. The van der Waals surface area contributed by atoms with Crippen LogP contribution in [-0.2, 0) is 43.2 Å². The number of carboxylic acid groups (broad SMARTS) is 1. The van der Waals surface area contributed by atoms with Gasteiger partial charge in [0.2, 0.25) is 47.3 Å². The standard InChI is InChI=1S/C24H39N9O10/c1-12(21(39)28-11-19(37)31-14(24(42)43)5-7-17(27)35)30-18(36)10-29-22(40)13(4-6-16(26)34)32-23(41)15-3-2-8-33(15)20(38)9-25/h12-15H,2-11,25H2,1H3,(H2,26,34)(H2,27,35)(H,28,39)(H,29,40)(H,30,36)(H,31,37)(H,32,41)(H,42,43)/t12-,13-,14-,15-/m0/s1. The number of nitrogens with two attached hydrogens (primary N) is 3. The highest BCUT2D eigenvalue weighted by Gasteiger charge is 2.35. The fourth-order valence-corrected chi connectivity index (χ4v) is 4.04. The third-order valence-electron chi connectivity index (χ3n) is 6.29. The van der Waals surface area contributed by atoms with Crippen molar-refractivity contribution in [3.05, 3.63) is 0 Å². The largest absolute Gasteiger partial charge is 0.480 e. The van der Waals surface area contributed by atoms with E-state index < -0.39 is 90.5 Å². The molecular formula is C24H39N9O10. The summed E-state index contributed by atoms with van der Waals surface area (Å²) in [4.78, 5) is 109. The van der Waals surface area contributed by atoms with Crippen LogP contribution in [0.3, 0.4) is 0 Å². The van der Waals surface area contributed by atoms with Crippen LogP contribution in [0.4, 0.5) is 0 Å². The van der Waals surface area contributed by atoms with Gasteiger partial charge < -0.3 is 53.8 Å². The van der Waals surface area contributed by atoms with Gasteiger partial charge in [-0.1, -0.05) is 0 Å². The van der Waals surface area contributed by atoms with Crippen molar-refractivity contribution in [2.45, 2.75) is 69.6 Å². The number of carbonyl (C=O) groups is 9. The third-order valence-corrected chi connectivity index (χ3v) is 6.29. The molecule has 1 heterocycles. The Bertz CT molecular complexity index is 1100. The minimum Gasteiger partial charge on any atom is -0.480 e. The number of aliphatic carboxylic acids is 1. The predicted octanol–water partition coefficient (Wildman–Crippen LogP) is -5.74. The zero-order valence-electron chi connectivity index (χ0n) is 23.7. The molecule has 1 saturated heterocycles. The highest BCUT2D eigenvalue weighted by molar-refractivity contribution is 5.95. The molecule has 12 N–H and O–H groups in total. The molecule has 0 radical (unpaired) electrons. The van der Waals surface area contributed by atoms with E-state index in [1.165, 1.54) is 11.8 Å². The molecule has 240 valence electrons. The molecule has 19 nitrogen and oxygen atoms in total. The highest BCUT2D eigenvalue weighted by Crippen LogP contribution is 2.17. The average Bonchev–Trinajstić information content (AvgIpc) is 3.44. The van der Waals surface area contributed by atoms with E-state index in [4.69, 9.17) is 22.3 Å². The number of carbonyl (C=O) groups excluding carboxylic acids is 8. The summed E-state index contributed by atoms with van der Waals surface area (Å²) in [6.45, 7) is 0.0556. The normalized spacial score (nSPS) is 16.1. The zero-order chi connectivity index (χ0) is 32.7. The molecule has 0 aromatic heterocycles. The molecule has 0 unspecified atom stereocenters. The molecule has 0 bridgehead atoms. The van der Waals surface area contributed by atoms with Crippen LogP contribution in [0.2, 0.25) is 0 Å². The van der Waals surface area contributed by atoms with Gasteiger partial charge in [0.1, 0.15) is 24.2 Å². The van der Waals surface area contributed by atoms with Gasteiger partial charge in [-0.2, -0.15) is 0 Å². The highest BCUT2D eigenvalue weighted by atomic mass is 16.4. The van der Waals surface area contributed by atoms with E-state index in [1.54, 1.807) is 0 Å². The second kappa shape index (κ2) is 17.9. The first-order valence-electron chi connectivity index (χ1n) is 13.4. The molecule has 1 fully saturated rings. The Labute approximate surface area is 246 Å². The summed E-state index contributed by atoms with van der Waals surface area (Å²) in [6, 6.07) is -4.70. The Hall–Kier alpha value is -4.81. The van der Waals surface area contributed by atoms with Gasteiger partial charge >= 0.3 is 5.97 Å². The van der Waals surface area contributed by atoms with Crippen LogP contribution < -0.4 is 43.8 Å². The molecule has 0 saturated carbocycles. The van der Waals surface area contributed by atoms with Gasteiger partial charge in [0.15, 0.2) is 0 Å². The molecule has 0 aliphatic carbocycles. The molecule has 19 heteroatoms. The van der Waals surface area contributed by atoms with Crippen LogP contribution in [-0.4, -0.2) is 114 Å². The molecule has 8 amide bonds. The molecular weight excluding hydrogens is 574 g/mol. The number of nitrogens with zero attached hydrogens (tertiary/aromatic N) is 1. The number of hydrogen-bond donors (Lipinski definition) is 9. The van der Waals surface area contributed by atoms with Crippen molar-refractivity contribution in [1.29, 1.82) is 0 Å². The molecule has 4 atom stereocenters. The quantitative estimate of drug-likeness (QED) is 0.0701. The van der Waals surface area contributed by atoms with Gasteiger partial charge in [-0.25, -0.2) is 4.79 Å². The van der Waals surface area contributed by atoms with Crippen molar-refractivity contribution in [3.8, 4) is 0 Å².